The number of benzene rings is 1. The third-order valence-electron chi connectivity index (χ3n) is 2.77. The molecule has 116 valence electrons. The molecule has 0 saturated carbocycles. The van der Waals surface area contributed by atoms with Crippen LogP contribution < -0.4 is 5.48 Å². The number of alkyl halides is 2. The lowest BCUT2D eigenvalue weighted by Gasteiger charge is -2.20. The van der Waals surface area contributed by atoms with Crippen molar-refractivity contribution in [1.29, 1.82) is 0 Å². The van der Waals surface area contributed by atoms with Crippen molar-refractivity contribution in [2.75, 3.05) is 0 Å². The molecule has 0 bridgehead atoms. The van der Waals surface area contributed by atoms with E-state index in [1.165, 1.54) is 13.8 Å². The normalized spacial score (nSPS) is 20.6. The lowest BCUT2D eigenvalue weighted by atomic mass is 10.1. The molecule has 1 aliphatic heterocycles. The van der Waals surface area contributed by atoms with Crippen molar-refractivity contribution >= 4 is 25.8 Å². The molecule has 0 amide bonds. The van der Waals surface area contributed by atoms with E-state index < -0.39 is 41.6 Å². The topological polar surface area (TPSA) is 55.4 Å². The summed E-state index contributed by atoms with van der Waals surface area (Å²) in [6.07, 6.45) is 1.11. The van der Waals surface area contributed by atoms with Crippen LogP contribution in [-0.2, 0) is 18.6 Å². The van der Waals surface area contributed by atoms with Crippen LogP contribution in [0.1, 0.15) is 19.4 Å². The Morgan fingerprint density at radius 3 is 2.24 bits per heavy atom. The molecule has 0 saturated heterocycles. The lowest BCUT2D eigenvalue weighted by Crippen LogP contribution is -2.32. The first kappa shape index (κ1) is 16.3. The van der Waals surface area contributed by atoms with Crippen LogP contribution in [0.2, 0.25) is 0 Å². The molecule has 21 heavy (non-hydrogen) atoms. The Hall–Kier alpha value is -1.06. The second-order valence-corrected chi connectivity index (χ2v) is 8.56. The largest absolute Gasteiger partial charge is 0.300 e. The summed E-state index contributed by atoms with van der Waals surface area (Å²) in [7, 11) is -4.81. The summed E-state index contributed by atoms with van der Waals surface area (Å²) < 4.78 is 63.2. The van der Waals surface area contributed by atoms with E-state index in [0.717, 1.165) is 24.3 Å². The highest BCUT2D eigenvalue weighted by Crippen LogP contribution is 2.45. The van der Waals surface area contributed by atoms with Crippen LogP contribution in [0.4, 0.5) is 13.2 Å². The van der Waals surface area contributed by atoms with Crippen molar-refractivity contribution in [3.05, 3.63) is 46.5 Å². The van der Waals surface area contributed by atoms with E-state index in [1.807, 2.05) is 0 Å². The Bertz CT molecular complexity index is 696. The van der Waals surface area contributed by atoms with E-state index in [2.05, 4.69) is 21.4 Å². The third kappa shape index (κ3) is 2.69. The highest BCUT2D eigenvalue weighted by atomic mass is 79.9. The zero-order valence-corrected chi connectivity index (χ0v) is 13.4. The van der Waals surface area contributed by atoms with E-state index in [-0.39, 0.29) is 0 Å². The van der Waals surface area contributed by atoms with Crippen molar-refractivity contribution in [3.63, 3.8) is 0 Å². The summed E-state index contributed by atoms with van der Waals surface area (Å²) in [4.78, 5) is 4.93. The van der Waals surface area contributed by atoms with Gasteiger partial charge in [-0.2, -0.15) is 0 Å². The molecule has 0 aromatic heterocycles. The predicted molar refractivity (Wildman–Crippen MR) is 73.4 cm³/mol. The molecule has 1 aromatic carbocycles. The quantitative estimate of drug-likeness (QED) is 0.812. The van der Waals surface area contributed by atoms with Gasteiger partial charge in [0.1, 0.15) is 17.2 Å². The van der Waals surface area contributed by atoms with E-state index in [4.69, 9.17) is 4.84 Å². The number of hydroxylamine groups is 1. The van der Waals surface area contributed by atoms with Crippen LogP contribution in [0, 0.1) is 11.6 Å². The van der Waals surface area contributed by atoms with Gasteiger partial charge in [0.05, 0.1) is 5.56 Å². The smallest absolute Gasteiger partial charge is 0.265 e. The number of hydrogen-bond donors (Lipinski definition) is 1. The first-order valence-electron chi connectivity index (χ1n) is 5.73. The number of nitrogens with one attached hydrogen (secondary N) is 1. The van der Waals surface area contributed by atoms with Gasteiger partial charge in [0, 0.05) is 0 Å². The van der Waals surface area contributed by atoms with Crippen LogP contribution >= 0.6 is 15.9 Å². The molecule has 9 heteroatoms. The van der Waals surface area contributed by atoms with E-state index in [1.54, 1.807) is 0 Å². The molecule has 1 atom stereocenters. The highest BCUT2D eigenvalue weighted by Gasteiger charge is 2.51. The van der Waals surface area contributed by atoms with E-state index in [9.17, 15) is 21.6 Å². The standard InChI is InChI=1S/C12H11BrF3NO3S/c1-11(2)6-9(17-20-11)21(18,19)12(13,16)10-7(14)4-3-5-8(10)15/h3-6,17H,1-2H3. The number of hydrogen-bond acceptors (Lipinski definition) is 4. The van der Waals surface area contributed by atoms with Crippen LogP contribution in [-0.4, -0.2) is 14.0 Å². The maximum Gasteiger partial charge on any atom is 0.300 e. The number of sulfone groups is 1. The molecule has 1 N–H and O–H groups in total. The number of rotatable bonds is 3. The Morgan fingerprint density at radius 2 is 1.81 bits per heavy atom. The second-order valence-electron chi connectivity index (χ2n) is 4.93. The fourth-order valence-electron chi connectivity index (χ4n) is 1.74. The average Bonchev–Trinajstić information content (AvgIpc) is 2.69. The fourth-order valence-corrected chi connectivity index (χ4v) is 3.97. The van der Waals surface area contributed by atoms with Crippen LogP contribution in [0.5, 0.6) is 0 Å². The summed E-state index contributed by atoms with van der Waals surface area (Å²) in [5.74, 6) is -2.64. The SMILES string of the molecule is CC1(C)C=C(S(=O)(=O)C(F)(Br)c2c(F)cccc2F)NO1. The second kappa shape index (κ2) is 4.99. The van der Waals surface area contributed by atoms with Gasteiger partial charge in [-0.25, -0.2) is 21.6 Å². The Balaban J connectivity index is 2.59. The summed E-state index contributed by atoms with van der Waals surface area (Å²) in [6.45, 7) is 3.06. The van der Waals surface area contributed by atoms with E-state index in [0.29, 0.717) is 0 Å². The Kier molecular flexibility index (Phi) is 3.88. The summed E-state index contributed by atoms with van der Waals surface area (Å²) in [5, 5.41) is -0.616. The lowest BCUT2D eigenvalue weighted by molar-refractivity contribution is -0.0130. The third-order valence-corrected chi connectivity index (χ3v) is 6.11. The van der Waals surface area contributed by atoms with Gasteiger partial charge in [0.15, 0.2) is 5.03 Å². The molecule has 1 unspecified atom stereocenters. The van der Waals surface area contributed by atoms with Gasteiger partial charge in [0.25, 0.3) is 0 Å². The van der Waals surface area contributed by atoms with Crippen molar-refractivity contribution in [2.45, 2.75) is 23.4 Å². The van der Waals surface area contributed by atoms with Crippen LogP contribution in [0.3, 0.4) is 0 Å². The molecule has 0 aliphatic carbocycles. The zero-order valence-electron chi connectivity index (χ0n) is 11.0. The van der Waals surface area contributed by atoms with Gasteiger partial charge in [0.2, 0.25) is 9.84 Å². The van der Waals surface area contributed by atoms with Gasteiger partial charge >= 0.3 is 3.91 Å². The maximum atomic E-state index is 14.7. The summed E-state index contributed by atoms with van der Waals surface area (Å²) in [6, 6.07) is 2.53. The highest BCUT2D eigenvalue weighted by molar-refractivity contribution is 9.11. The first-order chi connectivity index (χ1) is 9.49. The Labute approximate surface area is 128 Å². The average molecular weight is 386 g/mol. The Morgan fingerprint density at radius 1 is 1.29 bits per heavy atom. The van der Waals surface area contributed by atoms with Crippen molar-refractivity contribution in [1.82, 2.24) is 5.48 Å². The molecular formula is C12H11BrF3NO3S. The minimum absolute atomic E-state index is 0.616. The molecule has 0 radical (unpaired) electrons. The first-order valence-corrected chi connectivity index (χ1v) is 8.00. The van der Waals surface area contributed by atoms with Crippen LogP contribution in [0.25, 0.3) is 0 Å². The van der Waals surface area contributed by atoms with E-state index >= 15 is 0 Å². The zero-order chi connectivity index (χ0) is 16.1. The number of halogens is 4. The van der Waals surface area contributed by atoms with Crippen molar-refractivity contribution in [2.24, 2.45) is 0 Å². The van der Waals surface area contributed by atoms with Crippen molar-refractivity contribution < 1.29 is 26.4 Å². The van der Waals surface area contributed by atoms with Crippen molar-refractivity contribution in [3.8, 4) is 0 Å². The minimum Gasteiger partial charge on any atom is -0.265 e. The molecular weight excluding hydrogens is 375 g/mol. The van der Waals surface area contributed by atoms with Gasteiger partial charge in [-0.1, -0.05) is 6.07 Å². The molecule has 1 heterocycles. The van der Waals surface area contributed by atoms with Gasteiger partial charge < -0.3 is 0 Å². The van der Waals surface area contributed by atoms with Gasteiger partial charge in [-0.15, -0.1) is 0 Å². The predicted octanol–water partition coefficient (Wildman–Crippen LogP) is 3.01. The molecule has 1 aliphatic rings. The van der Waals surface area contributed by atoms with Gasteiger partial charge in [-0.05, 0) is 48.0 Å². The van der Waals surface area contributed by atoms with Gasteiger partial charge in [-0.3, -0.25) is 10.3 Å². The molecule has 4 nitrogen and oxygen atoms in total. The monoisotopic (exact) mass is 385 g/mol. The molecule has 0 spiro atoms. The molecule has 1 aromatic rings. The minimum atomic E-state index is -4.81. The summed E-state index contributed by atoms with van der Waals surface area (Å²) >= 11 is 2.29. The fraction of sp³-hybridized carbons (Fsp3) is 0.333. The molecule has 0 fully saturated rings. The maximum absolute atomic E-state index is 14.7. The summed E-state index contributed by atoms with van der Waals surface area (Å²) in [5.41, 5.74) is -0.179. The molecule has 2 rings (SSSR count). The van der Waals surface area contributed by atoms with Crippen LogP contribution in [0.15, 0.2) is 29.3 Å².